The molecule has 3 aromatic carbocycles. The summed E-state index contributed by atoms with van der Waals surface area (Å²) < 4.78 is 17.7. The van der Waals surface area contributed by atoms with E-state index in [-0.39, 0.29) is 23.8 Å². The van der Waals surface area contributed by atoms with Gasteiger partial charge in [0.25, 0.3) is 17.7 Å². The number of anilines is 2. The average molecular weight is 701 g/mol. The molecule has 1 aliphatic rings. The summed E-state index contributed by atoms with van der Waals surface area (Å²) in [4.78, 5) is 52.1. The molecule has 218 valence electrons. The third-order valence-electron chi connectivity index (χ3n) is 6.07. The number of urea groups is 1. The van der Waals surface area contributed by atoms with Crippen molar-refractivity contribution in [3.63, 3.8) is 0 Å². The van der Waals surface area contributed by atoms with Crippen LogP contribution in [-0.4, -0.2) is 44.1 Å². The van der Waals surface area contributed by atoms with Crippen molar-refractivity contribution in [1.29, 1.82) is 0 Å². The lowest BCUT2D eigenvalue weighted by molar-refractivity contribution is -0.122. The minimum absolute atomic E-state index is 0.201. The lowest BCUT2D eigenvalue weighted by Crippen LogP contribution is -2.54. The Hall–Kier alpha value is -4.16. The number of nitrogens with one attached hydrogen (secondary N) is 2. The molecule has 1 fully saturated rings. The predicted molar refractivity (Wildman–Crippen MR) is 165 cm³/mol. The molecule has 0 atom stereocenters. The summed E-state index contributed by atoms with van der Waals surface area (Å²) >= 11 is 6.86. The normalized spacial score (nSPS) is 14.1. The number of para-hydroxylation sites is 1. The molecule has 0 aromatic heterocycles. The van der Waals surface area contributed by atoms with Gasteiger partial charge in [-0.25, -0.2) is 9.69 Å². The zero-order valence-electron chi connectivity index (χ0n) is 23.0. The summed E-state index contributed by atoms with van der Waals surface area (Å²) in [6.45, 7) is 4.07. The molecule has 42 heavy (non-hydrogen) atoms. The number of ether oxygens (including phenoxy) is 3. The van der Waals surface area contributed by atoms with Gasteiger partial charge in [-0.3, -0.25) is 19.7 Å². The van der Waals surface area contributed by atoms with Crippen molar-refractivity contribution in [3.05, 3.63) is 80.2 Å². The fourth-order valence-electron chi connectivity index (χ4n) is 4.02. The van der Waals surface area contributed by atoms with Crippen LogP contribution in [0.15, 0.2) is 69.1 Å². The van der Waals surface area contributed by atoms with E-state index < -0.39 is 17.8 Å². The van der Waals surface area contributed by atoms with E-state index in [2.05, 4.69) is 42.5 Å². The Labute approximate surface area is 259 Å². The van der Waals surface area contributed by atoms with Crippen LogP contribution in [0.2, 0.25) is 0 Å². The number of rotatable bonds is 10. The van der Waals surface area contributed by atoms with Gasteiger partial charge >= 0.3 is 6.03 Å². The van der Waals surface area contributed by atoms with Crippen LogP contribution in [0.3, 0.4) is 0 Å². The SMILES string of the molecule is CCCOc1ccc(N2C(=O)NC(=O)/C(=C/c3cc(Br)c(OCC(=O)Nc4ccccc4C)c(Br)c3)C2=O)cc1OC. The first-order chi connectivity index (χ1) is 20.1. The van der Waals surface area contributed by atoms with Gasteiger partial charge in [0, 0.05) is 11.8 Å². The number of barbiturate groups is 1. The first kappa shape index (κ1) is 30.8. The molecule has 12 heteroatoms. The smallest absolute Gasteiger partial charge is 0.335 e. The van der Waals surface area contributed by atoms with E-state index in [9.17, 15) is 19.2 Å². The third-order valence-corrected chi connectivity index (χ3v) is 7.25. The quantitative estimate of drug-likeness (QED) is 0.196. The van der Waals surface area contributed by atoms with Gasteiger partial charge in [0.15, 0.2) is 18.1 Å². The molecule has 1 heterocycles. The van der Waals surface area contributed by atoms with Crippen molar-refractivity contribution in [2.75, 3.05) is 30.5 Å². The molecule has 0 bridgehead atoms. The highest BCUT2D eigenvalue weighted by Crippen LogP contribution is 2.37. The summed E-state index contributed by atoms with van der Waals surface area (Å²) in [5, 5.41) is 5.01. The molecule has 0 saturated carbocycles. The number of amides is 5. The molecule has 2 N–H and O–H groups in total. The van der Waals surface area contributed by atoms with Crippen molar-refractivity contribution in [2.45, 2.75) is 20.3 Å². The van der Waals surface area contributed by atoms with Crippen LogP contribution in [-0.2, 0) is 14.4 Å². The van der Waals surface area contributed by atoms with Gasteiger partial charge in [-0.15, -0.1) is 0 Å². The molecule has 5 amide bonds. The molecular weight excluding hydrogens is 674 g/mol. The summed E-state index contributed by atoms with van der Waals surface area (Å²) in [6, 6.07) is 14.4. The summed E-state index contributed by atoms with van der Waals surface area (Å²) in [5.41, 5.74) is 2.01. The van der Waals surface area contributed by atoms with Gasteiger partial charge in [-0.05, 0) is 92.7 Å². The highest BCUT2D eigenvalue weighted by Gasteiger charge is 2.37. The van der Waals surface area contributed by atoms with Crippen molar-refractivity contribution >= 4 is 73.1 Å². The Morgan fingerprint density at radius 1 is 1.00 bits per heavy atom. The number of methoxy groups -OCH3 is 1. The Bertz CT molecular complexity index is 1570. The summed E-state index contributed by atoms with van der Waals surface area (Å²) in [5.74, 6) is -0.842. The Balaban J connectivity index is 1.54. The second kappa shape index (κ2) is 13.7. The van der Waals surface area contributed by atoms with E-state index >= 15 is 0 Å². The number of hydrogen-bond donors (Lipinski definition) is 2. The Kier molecular flexibility index (Phi) is 10.0. The van der Waals surface area contributed by atoms with Crippen LogP contribution in [0.25, 0.3) is 6.08 Å². The van der Waals surface area contributed by atoms with Crippen molar-refractivity contribution < 1.29 is 33.4 Å². The van der Waals surface area contributed by atoms with E-state index in [0.717, 1.165) is 16.9 Å². The summed E-state index contributed by atoms with van der Waals surface area (Å²) in [6.07, 6.45) is 2.15. The molecule has 4 rings (SSSR count). The average Bonchev–Trinajstić information content (AvgIpc) is 2.95. The predicted octanol–water partition coefficient (Wildman–Crippen LogP) is 6.00. The van der Waals surface area contributed by atoms with E-state index in [1.807, 2.05) is 32.0 Å². The fraction of sp³-hybridized carbons (Fsp3) is 0.200. The van der Waals surface area contributed by atoms with Crippen LogP contribution < -0.4 is 29.7 Å². The van der Waals surface area contributed by atoms with E-state index in [1.54, 1.807) is 24.3 Å². The minimum Gasteiger partial charge on any atom is -0.493 e. The van der Waals surface area contributed by atoms with E-state index in [0.29, 0.717) is 44.1 Å². The molecule has 3 aromatic rings. The maximum atomic E-state index is 13.4. The molecule has 1 aliphatic heterocycles. The number of carbonyl (C=O) groups is 4. The number of imide groups is 2. The molecule has 0 spiro atoms. The molecule has 10 nitrogen and oxygen atoms in total. The van der Waals surface area contributed by atoms with Crippen LogP contribution in [0.1, 0.15) is 24.5 Å². The first-order valence-electron chi connectivity index (χ1n) is 12.8. The topological polar surface area (TPSA) is 123 Å². The number of nitrogens with zero attached hydrogens (tertiary/aromatic N) is 1. The maximum absolute atomic E-state index is 13.4. The number of halogens is 2. The maximum Gasteiger partial charge on any atom is 0.335 e. The molecule has 0 unspecified atom stereocenters. The van der Waals surface area contributed by atoms with Crippen LogP contribution >= 0.6 is 31.9 Å². The van der Waals surface area contributed by atoms with Crippen molar-refractivity contribution in [3.8, 4) is 17.2 Å². The number of hydrogen-bond acceptors (Lipinski definition) is 7. The van der Waals surface area contributed by atoms with Gasteiger partial charge in [0.05, 0.1) is 28.3 Å². The van der Waals surface area contributed by atoms with Crippen molar-refractivity contribution in [2.24, 2.45) is 0 Å². The number of benzene rings is 3. The second-order valence-corrected chi connectivity index (χ2v) is 10.8. The molecule has 0 radical (unpaired) electrons. The fourth-order valence-corrected chi connectivity index (χ4v) is 5.47. The van der Waals surface area contributed by atoms with Crippen LogP contribution in [0.5, 0.6) is 17.2 Å². The first-order valence-corrected chi connectivity index (χ1v) is 14.4. The Morgan fingerprint density at radius 3 is 2.38 bits per heavy atom. The van der Waals surface area contributed by atoms with Crippen LogP contribution in [0, 0.1) is 6.92 Å². The van der Waals surface area contributed by atoms with Crippen LogP contribution in [0.4, 0.5) is 16.2 Å². The van der Waals surface area contributed by atoms with E-state index in [1.165, 1.54) is 25.3 Å². The van der Waals surface area contributed by atoms with Gasteiger partial charge in [-0.2, -0.15) is 0 Å². The van der Waals surface area contributed by atoms with Gasteiger partial charge in [-0.1, -0.05) is 25.1 Å². The largest absolute Gasteiger partial charge is 0.493 e. The lowest BCUT2D eigenvalue weighted by atomic mass is 10.1. The van der Waals surface area contributed by atoms with Gasteiger partial charge < -0.3 is 19.5 Å². The molecular formula is C30H27Br2N3O7. The minimum atomic E-state index is -0.887. The van der Waals surface area contributed by atoms with Gasteiger partial charge in [0.1, 0.15) is 11.3 Å². The van der Waals surface area contributed by atoms with Crippen molar-refractivity contribution in [1.82, 2.24) is 5.32 Å². The highest BCUT2D eigenvalue weighted by molar-refractivity contribution is 9.11. The second-order valence-electron chi connectivity index (χ2n) is 9.11. The molecule has 0 aliphatic carbocycles. The molecule has 1 saturated heterocycles. The lowest BCUT2D eigenvalue weighted by Gasteiger charge is -2.27. The zero-order valence-corrected chi connectivity index (χ0v) is 26.1. The summed E-state index contributed by atoms with van der Waals surface area (Å²) in [7, 11) is 1.45. The third kappa shape index (κ3) is 7.00. The number of carbonyl (C=O) groups excluding carboxylic acids is 4. The van der Waals surface area contributed by atoms with E-state index in [4.69, 9.17) is 14.2 Å². The standard InChI is InChI=1S/C30H27Br2N3O7/c1-4-11-41-24-10-9-19(15-25(24)40-3)35-29(38)20(28(37)34-30(35)39)12-18-13-21(31)27(22(32)14-18)42-16-26(36)33-23-8-6-5-7-17(23)2/h5-10,12-15H,4,11,16H2,1-3H3,(H,33,36)(H,34,37,39)/b20-12-. The highest BCUT2D eigenvalue weighted by atomic mass is 79.9. The monoisotopic (exact) mass is 699 g/mol. The number of aryl methyl sites for hydroxylation is 1. The zero-order chi connectivity index (χ0) is 30.4. The Morgan fingerprint density at radius 2 is 1.71 bits per heavy atom. The van der Waals surface area contributed by atoms with Gasteiger partial charge in [0.2, 0.25) is 0 Å².